The molecule has 1 aromatic carbocycles. The lowest BCUT2D eigenvalue weighted by molar-refractivity contribution is -0.0799. The summed E-state index contributed by atoms with van der Waals surface area (Å²) in [5.41, 5.74) is 9.78. The number of ether oxygens (including phenoxy) is 1. The Hall–Kier alpha value is -0.860. The monoisotopic (exact) mass is 261 g/mol. The van der Waals surface area contributed by atoms with E-state index in [-0.39, 0.29) is 5.60 Å². The van der Waals surface area contributed by atoms with Gasteiger partial charge in [0.25, 0.3) is 0 Å². The standard InChI is InChI=1S/C17H27NO/c1-13-4-6-17(12-18,7-5-13)19-11-16-9-14(2)8-15(3)10-16/h8-10,13H,4-7,11-12,18H2,1-3H3. The molecule has 1 aromatic rings. The molecular weight excluding hydrogens is 234 g/mol. The molecule has 0 bridgehead atoms. The van der Waals surface area contributed by atoms with Gasteiger partial charge < -0.3 is 10.5 Å². The lowest BCUT2D eigenvalue weighted by atomic mass is 9.79. The lowest BCUT2D eigenvalue weighted by Crippen LogP contribution is -2.43. The van der Waals surface area contributed by atoms with Gasteiger partial charge in [-0.15, -0.1) is 0 Å². The molecule has 1 saturated carbocycles. The van der Waals surface area contributed by atoms with Crippen molar-refractivity contribution in [2.75, 3.05) is 6.54 Å². The van der Waals surface area contributed by atoms with Crippen molar-refractivity contribution in [1.29, 1.82) is 0 Å². The molecule has 0 aromatic heterocycles. The molecule has 0 spiro atoms. The summed E-state index contributed by atoms with van der Waals surface area (Å²) in [4.78, 5) is 0. The van der Waals surface area contributed by atoms with Crippen LogP contribution in [0.15, 0.2) is 18.2 Å². The van der Waals surface area contributed by atoms with Crippen LogP contribution in [-0.4, -0.2) is 12.1 Å². The smallest absolute Gasteiger partial charge is 0.0808 e. The van der Waals surface area contributed by atoms with Gasteiger partial charge in [0.2, 0.25) is 0 Å². The van der Waals surface area contributed by atoms with Gasteiger partial charge in [0.15, 0.2) is 0 Å². The predicted molar refractivity (Wildman–Crippen MR) is 80.1 cm³/mol. The highest BCUT2D eigenvalue weighted by Crippen LogP contribution is 2.34. The molecule has 0 unspecified atom stereocenters. The summed E-state index contributed by atoms with van der Waals surface area (Å²) >= 11 is 0. The van der Waals surface area contributed by atoms with E-state index in [0.717, 1.165) is 18.8 Å². The summed E-state index contributed by atoms with van der Waals surface area (Å²) in [6.07, 6.45) is 4.69. The molecule has 1 aliphatic carbocycles. The maximum atomic E-state index is 6.24. The topological polar surface area (TPSA) is 35.2 Å². The Morgan fingerprint density at radius 2 is 1.74 bits per heavy atom. The van der Waals surface area contributed by atoms with Gasteiger partial charge in [0, 0.05) is 6.54 Å². The van der Waals surface area contributed by atoms with Crippen molar-refractivity contribution in [2.45, 2.75) is 58.7 Å². The minimum absolute atomic E-state index is 0.0792. The van der Waals surface area contributed by atoms with Gasteiger partial charge in [-0.3, -0.25) is 0 Å². The van der Waals surface area contributed by atoms with Crippen molar-refractivity contribution in [3.8, 4) is 0 Å². The van der Waals surface area contributed by atoms with Gasteiger partial charge in [-0.25, -0.2) is 0 Å². The van der Waals surface area contributed by atoms with E-state index < -0.39 is 0 Å². The van der Waals surface area contributed by atoms with Gasteiger partial charge in [-0.05, 0) is 51.0 Å². The number of benzene rings is 1. The summed E-state index contributed by atoms with van der Waals surface area (Å²) in [5, 5.41) is 0. The van der Waals surface area contributed by atoms with Gasteiger partial charge in [-0.1, -0.05) is 36.2 Å². The average molecular weight is 261 g/mol. The fraction of sp³-hybridized carbons (Fsp3) is 0.647. The first kappa shape index (κ1) is 14.5. The second-order valence-corrected chi connectivity index (χ2v) is 6.35. The van der Waals surface area contributed by atoms with E-state index in [9.17, 15) is 0 Å². The van der Waals surface area contributed by atoms with Crippen LogP contribution in [0.25, 0.3) is 0 Å². The maximum Gasteiger partial charge on any atom is 0.0808 e. The van der Waals surface area contributed by atoms with E-state index in [0.29, 0.717) is 13.2 Å². The molecular formula is C17H27NO. The van der Waals surface area contributed by atoms with Crippen LogP contribution in [0, 0.1) is 19.8 Å². The minimum atomic E-state index is -0.0792. The zero-order valence-corrected chi connectivity index (χ0v) is 12.5. The Labute approximate surface area is 117 Å². The lowest BCUT2D eigenvalue weighted by Gasteiger charge is -2.38. The molecule has 0 amide bonds. The highest BCUT2D eigenvalue weighted by atomic mass is 16.5. The first-order valence-electron chi connectivity index (χ1n) is 7.44. The van der Waals surface area contributed by atoms with E-state index in [1.807, 2.05) is 0 Å². The minimum Gasteiger partial charge on any atom is -0.369 e. The molecule has 1 fully saturated rings. The Balaban J connectivity index is 1.99. The zero-order valence-electron chi connectivity index (χ0n) is 12.5. The Bertz CT molecular complexity index is 399. The second kappa shape index (κ2) is 6.06. The van der Waals surface area contributed by atoms with Crippen LogP contribution >= 0.6 is 0 Å². The van der Waals surface area contributed by atoms with Crippen molar-refractivity contribution in [1.82, 2.24) is 0 Å². The molecule has 1 aliphatic rings. The van der Waals surface area contributed by atoms with E-state index in [1.165, 1.54) is 29.5 Å². The molecule has 0 saturated heterocycles. The summed E-state index contributed by atoms with van der Waals surface area (Å²) < 4.78 is 6.24. The molecule has 0 heterocycles. The maximum absolute atomic E-state index is 6.24. The van der Waals surface area contributed by atoms with Gasteiger partial charge in [-0.2, -0.15) is 0 Å². The molecule has 2 N–H and O–H groups in total. The molecule has 106 valence electrons. The first-order chi connectivity index (χ1) is 9.03. The highest BCUT2D eigenvalue weighted by Gasteiger charge is 2.33. The van der Waals surface area contributed by atoms with Crippen LogP contribution in [-0.2, 0) is 11.3 Å². The largest absolute Gasteiger partial charge is 0.369 e. The van der Waals surface area contributed by atoms with Gasteiger partial charge in [0.1, 0.15) is 0 Å². The van der Waals surface area contributed by atoms with Crippen LogP contribution < -0.4 is 5.73 Å². The Morgan fingerprint density at radius 1 is 1.16 bits per heavy atom. The van der Waals surface area contributed by atoms with Crippen molar-refractivity contribution < 1.29 is 4.74 Å². The SMILES string of the molecule is Cc1cc(C)cc(COC2(CN)CCC(C)CC2)c1. The number of hydrogen-bond donors (Lipinski definition) is 1. The summed E-state index contributed by atoms with van der Waals surface area (Å²) in [6.45, 7) is 7.93. The fourth-order valence-electron chi connectivity index (χ4n) is 3.08. The number of hydrogen-bond acceptors (Lipinski definition) is 2. The average Bonchev–Trinajstić information content (AvgIpc) is 2.38. The molecule has 0 atom stereocenters. The predicted octanol–water partition coefficient (Wildman–Crippen LogP) is 3.73. The highest BCUT2D eigenvalue weighted by molar-refractivity contribution is 5.28. The molecule has 2 nitrogen and oxygen atoms in total. The van der Waals surface area contributed by atoms with Gasteiger partial charge >= 0.3 is 0 Å². The molecule has 2 heteroatoms. The van der Waals surface area contributed by atoms with Crippen LogP contribution in [0.2, 0.25) is 0 Å². The number of nitrogens with two attached hydrogens (primary N) is 1. The summed E-state index contributed by atoms with van der Waals surface area (Å²) in [6, 6.07) is 6.62. The molecule has 0 aliphatic heterocycles. The summed E-state index contributed by atoms with van der Waals surface area (Å²) in [5.74, 6) is 0.824. The Kier molecular flexibility index (Phi) is 4.64. The van der Waals surface area contributed by atoms with Crippen LogP contribution in [0.5, 0.6) is 0 Å². The molecule has 2 rings (SSSR count). The third-order valence-corrected chi connectivity index (χ3v) is 4.38. The van der Waals surface area contributed by atoms with Crippen molar-refractivity contribution in [3.05, 3.63) is 34.9 Å². The van der Waals surface area contributed by atoms with E-state index >= 15 is 0 Å². The Morgan fingerprint density at radius 3 is 2.26 bits per heavy atom. The van der Waals surface area contributed by atoms with Gasteiger partial charge in [0.05, 0.1) is 12.2 Å². The third-order valence-electron chi connectivity index (χ3n) is 4.38. The van der Waals surface area contributed by atoms with E-state index in [2.05, 4.69) is 39.0 Å². The first-order valence-corrected chi connectivity index (χ1v) is 7.44. The third kappa shape index (κ3) is 3.80. The van der Waals surface area contributed by atoms with Crippen molar-refractivity contribution in [2.24, 2.45) is 11.7 Å². The fourth-order valence-corrected chi connectivity index (χ4v) is 3.08. The number of aryl methyl sites for hydroxylation is 2. The van der Waals surface area contributed by atoms with Crippen LogP contribution in [0.1, 0.15) is 49.3 Å². The van der Waals surface area contributed by atoms with Crippen molar-refractivity contribution >= 4 is 0 Å². The van der Waals surface area contributed by atoms with E-state index in [4.69, 9.17) is 10.5 Å². The quantitative estimate of drug-likeness (QED) is 0.896. The van der Waals surface area contributed by atoms with E-state index in [1.54, 1.807) is 0 Å². The van der Waals surface area contributed by atoms with Crippen LogP contribution in [0.3, 0.4) is 0 Å². The number of rotatable bonds is 4. The molecule has 0 radical (unpaired) electrons. The second-order valence-electron chi connectivity index (χ2n) is 6.35. The summed E-state index contributed by atoms with van der Waals surface area (Å²) in [7, 11) is 0. The normalized spacial score (nSPS) is 27.5. The zero-order chi connectivity index (χ0) is 13.9. The van der Waals surface area contributed by atoms with Crippen molar-refractivity contribution in [3.63, 3.8) is 0 Å². The molecule has 19 heavy (non-hydrogen) atoms. The van der Waals surface area contributed by atoms with Crippen LogP contribution in [0.4, 0.5) is 0 Å².